The molecule has 0 bridgehead atoms. The summed E-state index contributed by atoms with van der Waals surface area (Å²) in [6.07, 6.45) is 2.88. The van der Waals surface area contributed by atoms with E-state index in [1.165, 1.54) is 4.31 Å². The molecule has 2 fully saturated rings. The van der Waals surface area contributed by atoms with Crippen LogP contribution in [0.1, 0.15) is 39.5 Å². The zero-order chi connectivity index (χ0) is 18.4. The number of piperidine rings is 2. The van der Waals surface area contributed by atoms with Crippen LogP contribution in [0.15, 0.2) is 0 Å². The third kappa shape index (κ3) is 5.31. The number of likely N-dealkylation sites (tertiary alicyclic amines) is 1. The fourth-order valence-electron chi connectivity index (χ4n) is 3.42. The minimum Gasteiger partial charge on any atom is -0.356 e. The summed E-state index contributed by atoms with van der Waals surface area (Å²) >= 11 is 0. The van der Waals surface area contributed by atoms with Crippen LogP contribution in [0.5, 0.6) is 0 Å². The molecule has 0 aliphatic carbocycles. The van der Waals surface area contributed by atoms with E-state index < -0.39 is 10.0 Å². The van der Waals surface area contributed by atoms with Gasteiger partial charge in [0.15, 0.2) is 0 Å². The van der Waals surface area contributed by atoms with Crippen LogP contribution >= 0.6 is 0 Å². The first-order valence-electron chi connectivity index (χ1n) is 9.18. The lowest BCUT2D eigenvalue weighted by Crippen LogP contribution is -2.53. The zero-order valence-corrected chi connectivity index (χ0v) is 16.0. The third-order valence-electron chi connectivity index (χ3n) is 4.97. The van der Waals surface area contributed by atoms with Gasteiger partial charge in [-0.1, -0.05) is 0 Å². The summed E-state index contributed by atoms with van der Waals surface area (Å²) < 4.78 is 25.3. The molecule has 2 N–H and O–H groups in total. The van der Waals surface area contributed by atoms with Gasteiger partial charge >= 0.3 is 6.03 Å². The Kier molecular flexibility index (Phi) is 7.06. The summed E-state index contributed by atoms with van der Waals surface area (Å²) in [4.78, 5) is 26.2. The topological polar surface area (TPSA) is 98.8 Å². The van der Waals surface area contributed by atoms with E-state index in [9.17, 15) is 18.0 Å². The fourth-order valence-corrected chi connectivity index (χ4v) is 4.55. The Morgan fingerprint density at radius 1 is 1.08 bits per heavy atom. The second-order valence-electron chi connectivity index (χ2n) is 6.70. The minimum atomic E-state index is -3.15. The van der Waals surface area contributed by atoms with Gasteiger partial charge in [0.05, 0.1) is 11.7 Å². The zero-order valence-electron chi connectivity index (χ0n) is 15.2. The molecule has 2 heterocycles. The van der Waals surface area contributed by atoms with Crippen molar-refractivity contribution >= 4 is 22.0 Å². The molecule has 2 aliphatic heterocycles. The summed E-state index contributed by atoms with van der Waals surface area (Å²) in [6, 6.07) is -0.161. The molecule has 1 atom stereocenters. The van der Waals surface area contributed by atoms with Crippen LogP contribution in [0.25, 0.3) is 0 Å². The van der Waals surface area contributed by atoms with Gasteiger partial charge < -0.3 is 15.5 Å². The molecule has 2 rings (SSSR count). The largest absolute Gasteiger partial charge is 0.356 e. The molecule has 8 nitrogen and oxygen atoms in total. The van der Waals surface area contributed by atoms with Gasteiger partial charge in [-0.3, -0.25) is 4.79 Å². The number of urea groups is 1. The molecule has 25 heavy (non-hydrogen) atoms. The van der Waals surface area contributed by atoms with Gasteiger partial charge in [0.1, 0.15) is 0 Å². The van der Waals surface area contributed by atoms with Crippen LogP contribution in [-0.2, 0) is 14.8 Å². The molecular weight excluding hydrogens is 344 g/mol. The Labute approximate surface area is 150 Å². The summed E-state index contributed by atoms with van der Waals surface area (Å²) in [5, 5.41) is 5.82. The number of hydrogen-bond donors (Lipinski definition) is 2. The van der Waals surface area contributed by atoms with Crippen molar-refractivity contribution in [3.05, 3.63) is 0 Å². The molecule has 3 amide bonds. The van der Waals surface area contributed by atoms with Gasteiger partial charge in [-0.25, -0.2) is 17.5 Å². The highest BCUT2D eigenvalue weighted by Crippen LogP contribution is 2.18. The van der Waals surface area contributed by atoms with Crippen molar-refractivity contribution in [2.45, 2.75) is 45.6 Å². The predicted octanol–water partition coefficient (Wildman–Crippen LogP) is 0.358. The number of rotatable bonds is 5. The maximum Gasteiger partial charge on any atom is 0.317 e. The summed E-state index contributed by atoms with van der Waals surface area (Å²) in [5.41, 5.74) is 0. The van der Waals surface area contributed by atoms with Crippen LogP contribution < -0.4 is 10.6 Å². The molecule has 0 spiro atoms. The molecule has 2 saturated heterocycles. The third-order valence-corrected chi connectivity index (χ3v) is 6.85. The second kappa shape index (κ2) is 8.84. The predicted molar refractivity (Wildman–Crippen MR) is 95.6 cm³/mol. The van der Waals surface area contributed by atoms with Gasteiger partial charge in [0.25, 0.3) is 0 Å². The van der Waals surface area contributed by atoms with Gasteiger partial charge in [-0.2, -0.15) is 0 Å². The molecule has 0 saturated carbocycles. The Bertz CT molecular complexity index is 573. The molecule has 144 valence electrons. The normalized spacial score (nSPS) is 23.3. The lowest BCUT2D eigenvalue weighted by Gasteiger charge is -2.35. The lowest BCUT2D eigenvalue weighted by molar-refractivity contribution is -0.126. The first-order valence-corrected chi connectivity index (χ1v) is 10.8. The van der Waals surface area contributed by atoms with Crippen LogP contribution in [0, 0.1) is 5.92 Å². The van der Waals surface area contributed by atoms with Gasteiger partial charge in [0, 0.05) is 38.8 Å². The average molecular weight is 375 g/mol. The number of carbonyl (C=O) groups is 2. The standard InChI is InChI=1S/C16H30N4O4S/c1-3-17-15(21)13-6-5-9-19(12-13)16(22)18-14-7-10-20(11-8-14)25(23,24)4-2/h13-14H,3-12H2,1-2H3,(H,17,21)(H,18,22)/t13-/m0/s1. The van der Waals surface area contributed by atoms with E-state index in [1.807, 2.05) is 6.92 Å². The number of nitrogens with zero attached hydrogens (tertiary/aromatic N) is 2. The number of hydrogen-bond acceptors (Lipinski definition) is 4. The van der Waals surface area contributed by atoms with E-state index in [1.54, 1.807) is 11.8 Å². The maximum absolute atomic E-state index is 12.5. The van der Waals surface area contributed by atoms with E-state index in [-0.39, 0.29) is 29.7 Å². The average Bonchev–Trinajstić information content (AvgIpc) is 2.62. The second-order valence-corrected chi connectivity index (χ2v) is 8.96. The highest BCUT2D eigenvalue weighted by Gasteiger charge is 2.31. The molecule has 0 aromatic rings. The van der Waals surface area contributed by atoms with E-state index >= 15 is 0 Å². The first kappa shape index (κ1) is 20.0. The van der Waals surface area contributed by atoms with Gasteiger partial charge in [-0.15, -0.1) is 0 Å². The van der Waals surface area contributed by atoms with E-state index in [4.69, 9.17) is 0 Å². The van der Waals surface area contributed by atoms with Crippen LogP contribution in [0.3, 0.4) is 0 Å². The van der Waals surface area contributed by atoms with Crippen molar-refractivity contribution < 1.29 is 18.0 Å². The van der Waals surface area contributed by atoms with Crippen molar-refractivity contribution in [2.75, 3.05) is 38.5 Å². The van der Waals surface area contributed by atoms with Crippen molar-refractivity contribution in [3.8, 4) is 0 Å². The Balaban J connectivity index is 1.81. The molecule has 0 unspecified atom stereocenters. The van der Waals surface area contributed by atoms with Crippen molar-refractivity contribution in [1.82, 2.24) is 19.8 Å². The van der Waals surface area contributed by atoms with E-state index in [0.717, 1.165) is 12.8 Å². The Morgan fingerprint density at radius 3 is 2.36 bits per heavy atom. The first-order chi connectivity index (χ1) is 11.9. The molecule has 2 aliphatic rings. The monoisotopic (exact) mass is 374 g/mol. The van der Waals surface area contributed by atoms with Gasteiger partial charge in [0.2, 0.25) is 15.9 Å². The van der Waals surface area contributed by atoms with E-state index in [0.29, 0.717) is 45.6 Å². The summed E-state index contributed by atoms with van der Waals surface area (Å²) in [6.45, 7) is 6.12. The molecule has 0 aromatic carbocycles. The number of amides is 3. The van der Waals surface area contributed by atoms with Crippen LogP contribution in [-0.4, -0.2) is 74.1 Å². The Morgan fingerprint density at radius 2 is 1.76 bits per heavy atom. The number of sulfonamides is 1. The highest BCUT2D eigenvalue weighted by molar-refractivity contribution is 7.89. The smallest absolute Gasteiger partial charge is 0.317 e. The van der Waals surface area contributed by atoms with Crippen molar-refractivity contribution in [2.24, 2.45) is 5.92 Å². The highest BCUT2D eigenvalue weighted by atomic mass is 32.2. The number of nitrogens with one attached hydrogen (secondary N) is 2. The van der Waals surface area contributed by atoms with Crippen LogP contribution in [0.2, 0.25) is 0 Å². The lowest BCUT2D eigenvalue weighted by atomic mass is 9.97. The number of carbonyl (C=O) groups excluding carboxylic acids is 2. The van der Waals surface area contributed by atoms with E-state index in [2.05, 4.69) is 10.6 Å². The van der Waals surface area contributed by atoms with Gasteiger partial charge in [-0.05, 0) is 39.5 Å². The maximum atomic E-state index is 12.5. The summed E-state index contributed by atoms with van der Waals surface area (Å²) in [5.74, 6) is -0.0204. The SMILES string of the molecule is CCNC(=O)[C@H]1CCCN(C(=O)NC2CCN(S(=O)(=O)CC)CC2)C1. The molecule has 0 radical (unpaired) electrons. The minimum absolute atomic E-state index is 0.0121. The molecular formula is C16H30N4O4S. The van der Waals surface area contributed by atoms with Crippen molar-refractivity contribution in [3.63, 3.8) is 0 Å². The summed E-state index contributed by atoms with van der Waals surface area (Å²) in [7, 11) is -3.15. The Hall–Kier alpha value is -1.35. The molecule has 0 aromatic heterocycles. The van der Waals surface area contributed by atoms with Crippen molar-refractivity contribution in [1.29, 1.82) is 0 Å². The van der Waals surface area contributed by atoms with Crippen LogP contribution in [0.4, 0.5) is 4.79 Å². The quantitative estimate of drug-likeness (QED) is 0.726. The molecule has 9 heteroatoms. The fraction of sp³-hybridized carbons (Fsp3) is 0.875.